The third-order valence-electron chi connectivity index (χ3n) is 4.42. The van der Waals surface area contributed by atoms with Crippen LogP contribution >= 0.6 is 11.8 Å². The van der Waals surface area contributed by atoms with Crippen LogP contribution in [0.1, 0.15) is 15.9 Å². The van der Waals surface area contributed by atoms with E-state index in [-0.39, 0.29) is 23.9 Å². The van der Waals surface area contributed by atoms with Crippen molar-refractivity contribution in [2.24, 2.45) is 0 Å². The molecule has 0 bridgehead atoms. The minimum Gasteiger partial charge on any atom is -0.493 e. The van der Waals surface area contributed by atoms with E-state index >= 15 is 0 Å². The fourth-order valence-corrected chi connectivity index (χ4v) is 3.78. The molecule has 3 rings (SSSR count). The first-order valence-corrected chi connectivity index (χ1v) is 10.0. The van der Waals surface area contributed by atoms with Crippen LogP contribution in [0.4, 0.5) is 4.79 Å². The van der Waals surface area contributed by atoms with Crippen LogP contribution in [-0.2, 0) is 4.79 Å². The Kier molecular flexibility index (Phi) is 7.14. The van der Waals surface area contributed by atoms with E-state index < -0.39 is 11.1 Å². The van der Waals surface area contributed by atoms with E-state index in [2.05, 4.69) is 10.3 Å². The van der Waals surface area contributed by atoms with Gasteiger partial charge < -0.3 is 19.5 Å². The van der Waals surface area contributed by atoms with E-state index in [1.165, 1.54) is 33.7 Å². The fraction of sp³-hybridized carbons (Fsp3) is 0.238. The average molecular weight is 443 g/mol. The van der Waals surface area contributed by atoms with Gasteiger partial charge in [0.1, 0.15) is 0 Å². The number of amides is 3. The molecule has 1 aliphatic heterocycles. The lowest BCUT2D eigenvalue weighted by Gasteiger charge is -2.13. The summed E-state index contributed by atoms with van der Waals surface area (Å²) in [6.45, 7) is 0.199. The molecular formula is C21H21N3O6S. The second-order valence-electron chi connectivity index (χ2n) is 6.28. The minimum atomic E-state index is -0.429. The summed E-state index contributed by atoms with van der Waals surface area (Å²) in [6, 6.07) is 6.53. The summed E-state index contributed by atoms with van der Waals surface area (Å²) in [4.78, 5) is 42.3. The number of carbonyl (C=O) groups excluding carboxylic acids is 3. The van der Waals surface area contributed by atoms with E-state index in [1.807, 2.05) is 0 Å². The molecule has 1 N–H and O–H groups in total. The first-order valence-electron chi connectivity index (χ1n) is 9.22. The maximum Gasteiger partial charge on any atom is 0.293 e. The number of ether oxygens (including phenoxy) is 3. The monoisotopic (exact) mass is 443 g/mol. The second kappa shape index (κ2) is 9.98. The zero-order valence-electron chi connectivity index (χ0n) is 17.2. The molecule has 1 fully saturated rings. The zero-order valence-corrected chi connectivity index (χ0v) is 18.0. The van der Waals surface area contributed by atoms with Crippen LogP contribution in [0.15, 0.2) is 41.6 Å². The third-order valence-corrected chi connectivity index (χ3v) is 5.33. The van der Waals surface area contributed by atoms with Crippen molar-refractivity contribution < 1.29 is 28.6 Å². The first-order chi connectivity index (χ1) is 15.0. The van der Waals surface area contributed by atoms with Crippen molar-refractivity contribution in [3.63, 3.8) is 0 Å². The van der Waals surface area contributed by atoms with E-state index in [9.17, 15) is 14.4 Å². The number of thioether (sulfide) groups is 1. The molecule has 9 nitrogen and oxygen atoms in total. The van der Waals surface area contributed by atoms with Crippen LogP contribution in [0, 0.1) is 0 Å². The van der Waals surface area contributed by atoms with Gasteiger partial charge in [-0.3, -0.25) is 24.3 Å². The number of methoxy groups -OCH3 is 3. The molecule has 0 unspecified atom stereocenters. The summed E-state index contributed by atoms with van der Waals surface area (Å²) < 4.78 is 15.9. The number of imide groups is 1. The van der Waals surface area contributed by atoms with Gasteiger partial charge in [-0.25, -0.2) is 0 Å². The standard InChI is InChI=1S/C21H21N3O6S/c1-28-15-10-13(11-16(29-2)18(15)30-3)12-17-20(26)24(21(27)31-17)9-8-23-19(25)14-4-6-22-7-5-14/h4-7,10-12H,8-9H2,1-3H3,(H,23,25). The van der Waals surface area contributed by atoms with Gasteiger partial charge in [0.25, 0.3) is 17.1 Å². The van der Waals surface area contributed by atoms with Crippen molar-refractivity contribution in [2.45, 2.75) is 0 Å². The summed E-state index contributed by atoms with van der Waals surface area (Å²) in [7, 11) is 4.49. The molecule has 3 amide bonds. The average Bonchev–Trinajstić information content (AvgIpc) is 3.06. The Morgan fingerprint density at radius 2 is 1.74 bits per heavy atom. The predicted octanol–water partition coefficient (Wildman–Crippen LogP) is 2.57. The summed E-state index contributed by atoms with van der Waals surface area (Å²) in [5, 5.41) is 2.28. The van der Waals surface area contributed by atoms with Gasteiger partial charge >= 0.3 is 0 Å². The van der Waals surface area contributed by atoms with Crippen LogP contribution in [0.3, 0.4) is 0 Å². The number of pyridine rings is 1. The van der Waals surface area contributed by atoms with E-state index in [1.54, 1.807) is 30.3 Å². The molecule has 0 saturated carbocycles. The van der Waals surface area contributed by atoms with Crippen LogP contribution in [0.2, 0.25) is 0 Å². The number of carbonyl (C=O) groups is 3. The van der Waals surface area contributed by atoms with Gasteiger partial charge in [-0.05, 0) is 47.7 Å². The Morgan fingerprint density at radius 1 is 1.10 bits per heavy atom. The van der Waals surface area contributed by atoms with Gasteiger partial charge in [0, 0.05) is 31.0 Å². The third kappa shape index (κ3) is 4.97. The van der Waals surface area contributed by atoms with Crippen molar-refractivity contribution in [3.05, 3.63) is 52.7 Å². The number of hydrogen-bond acceptors (Lipinski definition) is 8. The Labute approximate surface area is 183 Å². The molecule has 0 radical (unpaired) electrons. The van der Waals surface area contributed by atoms with Crippen molar-refractivity contribution in [3.8, 4) is 17.2 Å². The van der Waals surface area contributed by atoms with Crippen molar-refractivity contribution in [1.82, 2.24) is 15.2 Å². The highest BCUT2D eigenvalue weighted by atomic mass is 32.2. The van der Waals surface area contributed by atoms with Crippen molar-refractivity contribution >= 4 is 34.9 Å². The Hall–Kier alpha value is -3.53. The summed E-state index contributed by atoms with van der Waals surface area (Å²) in [5.74, 6) is 0.571. The van der Waals surface area contributed by atoms with E-state index in [4.69, 9.17) is 14.2 Å². The number of aromatic nitrogens is 1. The number of benzene rings is 1. The number of nitrogens with zero attached hydrogens (tertiary/aromatic N) is 2. The second-order valence-corrected chi connectivity index (χ2v) is 7.28. The topological polar surface area (TPSA) is 107 Å². The fourth-order valence-electron chi connectivity index (χ4n) is 2.92. The predicted molar refractivity (Wildman–Crippen MR) is 115 cm³/mol. The lowest BCUT2D eigenvalue weighted by atomic mass is 10.1. The van der Waals surface area contributed by atoms with Gasteiger partial charge in [0.2, 0.25) is 5.75 Å². The van der Waals surface area contributed by atoms with Gasteiger partial charge in [0.05, 0.1) is 26.2 Å². The summed E-state index contributed by atoms with van der Waals surface area (Å²) in [5.41, 5.74) is 1.07. The first kappa shape index (κ1) is 22.2. The molecule has 0 aliphatic carbocycles. The van der Waals surface area contributed by atoms with Crippen LogP contribution in [0.25, 0.3) is 6.08 Å². The number of rotatable bonds is 8. The Balaban J connectivity index is 1.70. The van der Waals surface area contributed by atoms with Gasteiger partial charge in [0.15, 0.2) is 11.5 Å². The Morgan fingerprint density at radius 3 is 2.32 bits per heavy atom. The highest BCUT2D eigenvalue weighted by Gasteiger charge is 2.34. The molecule has 1 aromatic heterocycles. The van der Waals surface area contributed by atoms with Gasteiger partial charge in [-0.1, -0.05) is 0 Å². The summed E-state index contributed by atoms with van der Waals surface area (Å²) >= 11 is 0.833. The molecule has 1 aromatic carbocycles. The smallest absolute Gasteiger partial charge is 0.293 e. The van der Waals surface area contributed by atoms with E-state index in [0.717, 1.165) is 16.7 Å². The minimum absolute atomic E-state index is 0.0636. The molecular weight excluding hydrogens is 422 g/mol. The van der Waals surface area contributed by atoms with Crippen LogP contribution in [-0.4, -0.2) is 61.4 Å². The molecule has 162 valence electrons. The molecule has 2 heterocycles. The zero-order chi connectivity index (χ0) is 22.4. The molecule has 0 atom stereocenters. The lowest BCUT2D eigenvalue weighted by Crippen LogP contribution is -2.37. The van der Waals surface area contributed by atoms with Gasteiger partial charge in [-0.15, -0.1) is 0 Å². The van der Waals surface area contributed by atoms with Gasteiger partial charge in [-0.2, -0.15) is 0 Å². The van der Waals surface area contributed by atoms with E-state index in [0.29, 0.717) is 28.4 Å². The normalized spacial score (nSPS) is 14.7. The molecule has 2 aromatic rings. The van der Waals surface area contributed by atoms with Crippen LogP contribution in [0.5, 0.6) is 17.2 Å². The van der Waals surface area contributed by atoms with Crippen molar-refractivity contribution in [2.75, 3.05) is 34.4 Å². The largest absolute Gasteiger partial charge is 0.493 e. The molecule has 31 heavy (non-hydrogen) atoms. The van der Waals surface area contributed by atoms with Crippen LogP contribution < -0.4 is 19.5 Å². The SMILES string of the molecule is COc1cc(C=C2SC(=O)N(CCNC(=O)c3ccncc3)C2=O)cc(OC)c1OC. The number of nitrogens with one attached hydrogen (secondary N) is 1. The molecule has 1 saturated heterocycles. The molecule has 0 spiro atoms. The lowest BCUT2D eigenvalue weighted by molar-refractivity contribution is -0.122. The molecule has 10 heteroatoms. The van der Waals surface area contributed by atoms with Crippen molar-refractivity contribution in [1.29, 1.82) is 0 Å². The quantitative estimate of drug-likeness (QED) is 0.621. The maximum absolute atomic E-state index is 12.7. The maximum atomic E-state index is 12.7. The highest BCUT2D eigenvalue weighted by Crippen LogP contribution is 2.40. The molecule has 1 aliphatic rings. The Bertz CT molecular complexity index is 1000. The number of hydrogen-bond donors (Lipinski definition) is 1. The summed E-state index contributed by atoms with van der Waals surface area (Å²) in [6.07, 6.45) is 4.61. The highest BCUT2D eigenvalue weighted by molar-refractivity contribution is 8.18.